The summed E-state index contributed by atoms with van der Waals surface area (Å²) in [7, 11) is 0. The molecule has 2 N–H and O–H groups in total. The highest BCUT2D eigenvalue weighted by atomic mass is 32.1. The van der Waals surface area contributed by atoms with Gasteiger partial charge in [-0.15, -0.1) is 0 Å². The molecule has 2 aromatic heterocycles. The molecule has 1 aliphatic heterocycles. The van der Waals surface area contributed by atoms with E-state index in [1.165, 1.54) is 12.8 Å². The maximum absolute atomic E-state index is 11.5. The molecule has 1 aliphatic carbocycles. The van der Waals surface area contributed by atoms with E-state index in [-0.39, 0.29) is 17.6 Å². The lowest BCUT2D eigenvalue weighted by Crippen LogP contribution is -2.38. The van der Waals surface area contributed by atoms with Crippen molar-refractivity contribution in [2.45, 2.75) is 43.8 Å². The molecule has 2 atom stereocenters. The standard InChI is InChI=1S/C24H24N4O2S/c29-23(30)16-7-5-10-18(15-16)27-14-6-12-20(27)22-21(19-11-3-4-13-25-19)26-24(31)28(22)17-8-1-2-9-17/h3-7,10-15,17,21-22H,1-2,8-9H2,(H,26,31)(H,29,30). The van der Waals surface area contributed by atoms with E-state index in [1.54, 1.807) is 18.2 Å². The lowest BCUT2D eigenvalue weighted by molar-refractivity contribution is 0.0697. The van der Waals surface area contributed by atoms with Crippen LogP contribution in [-0.2, 0) is 0 Å². The Morgan fingerprint density at radius 1 is 1.10 bits per heavy atom. The molecule has 0 bridgehead atoms. The lowest BCUT2D eigenvalue weighted by atomic mass is 9.99. The molecule has 1 saturated heterocycles. The molecule has 158 valence electrons. The zero-order chi connectivity index (χ0) is 21.4. The van der Waals surface area contributed by atoms with Crippen LogP contribution in [0.5, 0.6) is 0 Å². The van der Waals surface area contributed by atoms with E-state index in [4.69, 9.17) is 12.2 Å². The number of aromatic nitrogens is 2. The summed E-state index contributed by atoms with van der Waals surface area (Å²) in [6.45, 7) is 0. The van der Waals surface area contributed by atoms with Crippen molar-refractivity contribution in [2.24, 2.45) is 0 Å². The summed E-state index contributed by atoms with van der Waals surface area (Å²) in [5.41, 5.74) is 3.11. The Kier molecular flexibility index (Phi) is 5.19. The van der Waals surface area contributed by atoms with E-state index in [0.717, 1.165) is 35.0 Å². The van der Waals surface area contributed by atoms with E-state index in [9.17, 15) is 9.90 Å². The highest BCUT2D eigenvalue weighted by molar-refractivity contribution is 7.80. The van der Waals surface area contributed by atoms with Crippen LogP contribution in [0.1, 0.15) is 59.5 Å². The van der Waals surface area contributed by atoms with Crippen LogP contribution in [0.3, 0.4) is 0 Å². The lowest BCUT2D eigenvalue weighted by Gasteiger charge is -2.33. The van der Waals surface area contributed by atoms with Gasteiger partial charge in [-0.2, -0.15) is 0 Å². The van der Waals surface area contributed by atoms with Crippen molar-refractivity contribution >= 4 is 23.3 Å². The van der Waals surface area contributed by atoms with Gasteiger partial charge in [-0.3, -0.25) is 4.98 Å². The minimum absolute atomic E-state index is 0.0333. The van der Waals surface area contributed by atoms with E-state index >= 15 is 0 Å². The van der Waals surface area contributed by atoms with Crippen molar-refractivity contribution in [3.8, 4) is 5.69 Å². The van der Waals surface area contributed by atoms with Crippen molar-refractivity contribution in [3.05, 3.63) is 83.9 Å². The first-order chi connectivity index (χ1) is 15.1. The van der Waals surface area contributed by atoms with E-state index < -0.39 is 5.97 Å². The number of carboxylic acid groups (broad SMARTS) is 1. The highest BCUT2D eigenvalue weighted by Gasteiger charge is 2.44. The SMILES string of the molecule is O=C(O)c1cccc(-n2cccc2C2C(c3ccccn3)NC(=S)N2C2CCCC2)c1. The monoisotopic (exact) mass is 432 g/mol. The molecule has 0 amide bonds. The average molecular weight is 433 g/mol. The smallest absolute Gasteiger partial charge is 0.335 e. The molecule has 31 heavy (non-hydrogen) atoms. The first kappa shape index (κ1) is 19.8. The predicted octanol–water partition coefficient (Wildman–Crippen LogP) is 4.49. The largest absolute Gasteiger partial charge is 0.478 e. The second-order valence-corrected chi connectivity index (χ2v) is 8.52. The fraction of sp³-hybridized carbons (Fsp3) is 0.292. The van der Waals surface area contributed by atoms with E-state index in [1.807, 2.05) is 42.7 Å². The van der Waals surface area contributed by atoms with Gasteiger partial charge in [-0.05, 0) is 67.5 Å². The van der Waals surface area contributed by atoms with Gasteiger partial charge in [0, 0.05) is 29.8 Å². The Morgan fingerprint density at radius 2 is 1.94 bits per heavy atom. The summed E-state index contributed by atoms with van der Waals surface area (Å²) in [5.74, 6) is -0.932. The van der Waals surface area contributed by atoms with Crippen LogP contribution in [0.2, 0.25) is 0 Å². The number of benzene rings is 1. The molecule has 0 spiro atoms. The molecule has 2 unspecified atom stereocenters. The number of hydrogen-bond acceptors (Lipinski definition) is 3. The normalized spacial score (nSPS) is 21.4. The Balaban J connectivity index is 1.62. The number of aromatic carboxylic acids is 1. The Morgan fingerprint density at radius 3 is 2.68 bits per heavy atom. The Hall–Kier alpha value is -3.19. The molecular weight excluding hydrogens is 408 g/mol. The number of nitrogens with zero attached hydrogens (tertiary/aromatic N) is 3. The molecule has 3 aromatic rings. The van der Waals surface area contributed by atoms with Crippen molar-refractivity contribution < 1.29 is 9.90 Å². The van der Waals surface area contributed by atoms with Crippen molar-refractivity contribution in [3.63, 3.8) is 0 Å². The fourth-order valence-corrected chi connectivity index (χ4v) is 5.31. The van der Waals surface area contributed by atoms with Crippen LogP contribution in [0.4, 0.5) is 0 Å². The fourth-order valence-electron chi connectivity index (χ4n) is 4.92. The Bertz CT molecular complexity index is 1110. The Labute approximate surface area is 186 Å². The van der Waals surface area contributed by atoms with Crippen molar-refractivity contribution in [1.29, 1.82) is 0 Å². The quantitative estimate of drug-likeness (QED) is 0.579. The molecule has 7 heteroatoms. The van der Waals surface area contributed by atoms with Gasteiger partial charge in [0.15, 0.2) is 5.11 Å². The predicted molar refractivity (Wildman–Crippen MR) is 122 cm³/mol. The third-order valence-electron chi connectivity index (χ3n) is 6.31. The molecule has 5 rings (SSSR count). The molecular formula is C24H24N4O2S. The summed E-state index contributed by atoms with van der Waals surface area (Å²) in [6, 6.07) is 17.4. The van der Waals surface area contributed by atoms with Crippen LogP contribution >= 0.6 is 12.2 Å². The summed E-state index contributed by atoms with van der Waals surface area (Å²) in [4.78, 5) is 18.5. The zero-order valence-corrected chi connectivity index (χ0v) is 17.8. The van der Waals surface area contributed by atoms with Crippen LogP contribution in [0.25, 0.3) is 5.69 Å². The van der Waals surface area contributed by atoms with E-state index in [0.29, 0.717) is 6.04 Å². The molecule has 1 aromatic carbocycles. The van der Waals surface area contributed by atoms with Gasteiger partial charge in [-0.25, -0.2) is 4.79 Å². The first-order valence-corrected chi connectivity index (χ1v) is 11.0. The number of rotatable bonds is 5. The third kappa shape index (κ3) is 3.59. The number of pyridine rings is 1. The molecule has 2 aliphatic rings. The minimum atomic E-state index is -0.932. The van der Waals surface area contributed by atoms with Gasteiger partial charge in [0.05, 0.1) is 23.3 Å². The second kappa shape index (κ2) is 8.15. The van der Waals surface area contributed by atoms with Gasteiger partial charge in [0.25, 0.3) is 0 Å². The van der Waals surface area contributed by atoms with Gasteiger partial charge in [-0.1, -0.05) is 25.0 Å². The number of nitrogens with one attached hydrogen (secondary N) is 1. The van der Waals surface area contributed by atoms with Gasteiger partial charge in [0.1, 0.15) is 0 Å². The third-order valence-corrected chi connectivity index (χ3v) is 6.64. The molecule has 2 fully saturated rings. The number of hydrogen-bond donors (Lipinski definition) is 2. The van der Waals surface area contributed by atoms with E-state index in [2.05, 4.69) is 25.8 Å². The summed E-state index contributed by atoms with van der Waals surface area (Å²) < 4.78 is 2.07. The second-order valence-electron chi connectivity index (χ2n) is 8.13. The molecule has 6 nitrogen and oxygen atoms in total. The maximum atomic E-state index is 11.5. The number of thiocarbonyl (C=S) groups is 1. The van der Waals surface area contributed by atoms with Crippen LogP contribution in [-0.4, -0.2) is 36.7 Å². The van der Waals surface area contributed by atoms with Crippen LogP contribution < -0.4 is 5.32 Å². The van der Waals surface area contributed by atoms with Crippen molar-refractivity contribution in [1.82, 2.24) is 19.8 Å². The zero-order valence-electron chi connectivity index (χ0n) is 17.0. The maximum Gasteiger partial charge on any atom is 0.335 e. The summed E-state index contributed by atoms with van der Waals surface area (Å²) in [5, 5.41) is 13.7. The minimum Gasteiger partial charge on any atom is -0.478 e. The van der Waals surface area contributed by atoms with Crippen LogP contribution in [0, 0.1) is 0 Å². The molecule has 1 saturated carbocycles. The van der Waals surface area contributed by atoms with Crippen molar-refractivity contribution in [2.75, 3.05) is 0 Å². The molecule has 3 heterocycles. The highest BCUT2D eigenvalue weighted by Crippen LogP contribution is 2.43. The average Bonchev–Trinajstić information content (AvgIpc) is 3.53. The topological polar surface area (TPSA) is 70.4 Å². The van der Waals surface area contributed by atoms with Crippen LogP contribution in [0.15, 0.2) is 67.0 Å². The number of carboxylic acids is 1. The van der Waals surface area contributed by atoms with Gasteiger partial charge < -0.3 is 19.9 Å². The summed E-state index contributed by atoms with van der Waals surface area (Å²) >= 11 is 5.82. The first-order valence-electron chi connectivity index (χ1n) is 10.6. The number of carbonyl (C=O) groups is 1. The summed E-state index contributed by atoms with van der Waals surface area (Å²) in [6.07, 6.45) is 8.48. The van der Waals surface area contributed by atoms with Gasteiger partial charge >= 0.3 is 5.97 Å². The van der Waals surface area contributed by atoms with Gasteiger partial charge in [0.2, 0.25) is 0 Å². The molecule has 0 radical (unpaired) electrons.